The molecule has 0 spiro atoms. The van der Waals surface area contributed by atoms with Crippen molar-refractivity contribution in [3.05, 3.63) is 105 Å². The zero-order valence-corrected chi connectivity index (χ0v) is 25.4. The molecule has 0 aliphatic carbocycles. The molecule has 1 atom stereocenters. The molecule has 2 heterocycles. The van der Waals surface area contributed by atoms with Crippen LogP contribution in [0.1, 0.15) is 54.9 Å². The maximum Gasteiger partial charge on any atom is 0.417 e. The number of benzene rings is 2. The van der Waals surface area contributed by atoms with Crippen molar-refractivity contribution in [2.45, 2.75) is 43.8 Å². The van der Waals surface area contributed by atoms with Crippen molar-refractivity contribution in [1.82, 2.24) is 4.98 Å². The molecule has 1 aromatic heterocycles. The van der Waals surface area contributed by atoms with Crippen molar-refractivity contribution in [3.8, 4) is 23.4 Å². The Balaban J connectivity index is 1.85. The summed E-state index contributed by atoms with van der Waals surface area (Å²) in [4.78, 5) is 17.7. The third-order valence-corrected chi connectivity index (χ3v) is 8.04. The van der Waals surface area contributed by atoms with Crippen LogP contribution in [0.25, 0.3) is 11.3 Å². The summed E-state index contributed by atoms with van der Waals surface area (Å²) in [6.07, 6.45) is -4.86. The number of carbonyl (C=O) groups excluding carboxylic acids is 1. The molecule has 44 heavy (non-hydrogen) atoms. The van der Waals surface area contributed by atoms with Crippen LogP contribution >= 0.6 is 23.4 Å². The third-order valence-electron chi connectivity index (χ3n) is 6.81. The number of nitrogens with two attached hydrogens (primary N) is 1. The Bertz CT molecular complexity index is 1720. The van der Waals surface area contributed by atoms with Crippen LogP contribution in [0.3, 0.4) is 0 Å². The molecule has 2 N–H and O–H groups in total. The van der Waals surface area contributed by atoms with E-state index in [0.717, 1.165) is 23.4 Å². The van der Waals surface area contributed by atoms with E-state index in [0.29, 0.717) is 16.1 Å². The third kappa shape index (κ3) is 6.85. The van der Waals surface area contributed by atoms with Crippen LogP contribution in [0.15, 0.2) is 82.4 Å². The number of halogens is 4. The molecule has 0 saturated heterocycles. The Labute approximate surface area is 261 Å². The monoisotopic (exact) mass is 638 g/mol. The first-order valence-corrected chi connectivity index (χ1v) is 14.7. The van der Waals surface area contributed by atoms with Gasteiger partial charge in [-0.1, -0.05) is 73.6 Å². The van der Waals surface area contributed by atoms with Gasteiger partial charge in [0.15, 0.2) is 0 Å². The fourth-order valence-electron chi connectivity index (χ4n) is 4.62. The Morgan fingerprint density at radius 2 is 1.80 bits per heavy atom. The Hall–Kier alpha value is -4.45. The highest BCUT2D eigenvalue weighted by molar-refractivity contribution is 7.99. The minimum absolute atomic E-state index is 0.0148. The predicted octanol–water partition coefficient (Wildman–Crippen LogP) is 7.83. The number of thioether (sulfide) groups is 1. The van der Waals surface area contributed by atoms with Crippen molar-refractivity contribution in [2.75, 3.05) is 12.4 Å². The molecule has 0 radical (unpaired) electrons. The first-order valence-electron chi connectivity index (χ1n) is 13.4. The quantitative estimate of drug-likeness (QED) is 0.196. The van der Waals surface area contributed by atoms with Gasteiger partial charge < -0.3 is 15.2 Å². The lowest BCUT2D eigenvalue weighted by Gasteiger charge is -2.28. The fraction of sp³-hybridized carbons (Fsp3) is 0.250. The molecular weight excluding hydrogens is 613 g/mol. The zero-order chi connectivity index (χ0) is 32.2. The van der Waals surface area contributed by atoms with E-state index in [-0.39, 0.29) is 51.8 Å². The highest BCUT2D eigenvalue weighted by atomic mass is 35.5. The minimum atomic E-state index is -4.86. The molecule has 4 rings (SSSR count). The summed E-state index contributed by atoms with van der Waals surface area (Å²) in [5, 5.41) is 19.9. The van der Waals surface area contributed by atoms with Crippen LogP contribution in [0.5, 0.6) is 0 Å². The van der Waals surface area contributed by atoms with Crippen molar-refractivity contribution in [2.24, 2.45) is 5.73 Å². The summed E-state index contributed by atoms with van der Waals surface area (Å²) in [5.74, 6) is -2.04. The molecule has 0 amide bonds. The molecule has 1 aliphatic heterocycles. The molecule has 226 valence electrons. The fourth-order valence-corrected chi connectivity index (χ4v) is 5.70. The summed E-state index contributed by atoms with van der Waals surface area (Å²) in [6, 6.07) is 17.8. The Morgan fingerprint density at radius 3 is 2.34 bits per heavy atom. The number of esters is 1. The van der Waals surface area contributed by atoms with Gasteiger partial charge in [-0.2, -0.15) is 23.7 Å². The van der Waals surface area contributed by atoms with E-state index in [2.05, 4.69) is 4.98 Å². The van der Waals surface area contributed by atoms with E-state index >= 15 is 0 Å². The number of hydrogen-bond acceptors (Lipinski definition) is 8. The maximum atomic E-state index is 14.1. The predicted molar refractivity (Wildman–Crippen MR) is 160 cm³/mol. The average molecular weight is 639 g/mol. The van der Waals surface area contributed by atoms with Gasteiger partial charge >= 0.3 is 12.1 Å². The number of ether oxygens (including phenoxy) is 2. The van der Waals surface area contributed by atoms with Gasteiger partial charge in [0.05, 0.1) is 40.7 Å². The van der Waals surface area contributed by atoms with E-state index < -0.39 is 29.2 Å². The number of nitriles is 2. The first kappa shape index (κ1) is 32.5. The molecule has 2 aromatic carbocycles. The van der Waals surface area contributed by atoms with Crippen LogP contribution in [-0.2, 0) is 20.4 Å². The van der Waals surface area contributed by atoms with Gasteiger partial charge in [-0.3, -0.25) is 0 Å². The average Bonchev–Trinajstić information content (AvgIpc) is 2.99. The van der Waals surface area contributed by atoms with Gasteiger partial charge in [0.2, 0.25) is 5.88 Å². The highest BCUT2D eigenvalue weighted by Crippen LogP contribution is 2.43. The van der Waals surface area contributed by atoms with E-state index in [1.165, 1.54) is 24.3 Å². The number of nitrogens with zero attached hydrogens (tertiary/aromatic N) is 3. The van der Waals surface area contributed by atoms with E-state index in [1.807, 2.05) is 32.0 Å². The van der Waals surface area contributed by atoms with E-state index in [9.17, 15) is 28.5 Å². The van der Waals surface area contributed by atoms with Crippen molar-refractivity contribution in [1.29, 1.82) is 10.5 Å². The topological polar surface area (TPSA) is 122 Å². The molecule has 0 saturated carbocycles. The molecule has 3 aromatic rings. The van der Waals surface area contributed by atoms with Gasteiger partial charge in [-0.15, -0.1) is 0 Å². The summed E-state index contributed by atoms with van der Waals surface area (Å²) in [5.41, 5.74) is 6.19. The van der Waals surface area contributed by atoms with Gasteiger partial charge in [0, 0.05) is 10.6 Å². The highest BCUT2D eigenvalue weighted by Gasteiger charge is 2.39. The Morgan fingerprint density at radius 1 is 1.14 bits per heavy atom. The van der Waals surface area contributed by atoms with Gasteiger partial charge in [-0.25, -0.2) is 9.78 Å². The lowest BCUT2D eigenvalue weighted by molar-refractivity contribution is -0.139. The Kier molecular flexibility index (Phi) is 9.93. The van der Waals surface area contributed by atoms with Gasteiger partial charge in [0.1, 0.15) is 28.5 Å². The number of aromatic nitrogens is 1. The second kappa shape index (κ2) is 13.5. The summed E-state index contributed by atoms with van der Waals surface area (Å²) < 4.78 is 53.4. The first-order chi connectivity index (χ1) is 20.9. The van der Waals surface area contributed by atoms with Crippen LogP contribution in [0, 0.1) is 22.7 Å². The van der Waals surface area contributed by atoms with Crippen molar-refractivity contribution < 1.29 is 27.4 Å². The molecular formula is C32H26ClF3N4O3S. The number of pyridine rings is 1. The normalized spacial score (nSPS) is 15.1. The van der Waals surface area contributed by atoms with E-state index in [4.69, 9.17) is 26.8 Å². The molecule has 1 aliphatic rings. The summed E-state index contributed by atoms with van der Waals surface area (Å²) in [7, 11) is 0. The summed E-state index contributed by atoms with van der Waals surface area (Å²) >= 11 is 6.71. The number of carbonyl (C=O) groups is 1. The van der Waals surface area contributed by atoms with Crippen LogP contribution in [0.4, 0.5) is 13.2 Å². The SMILES string of the molecule is CCOC(=O)C1=C(CSc2nc(-c3ccc(Cl)cc3)cc(C(F)(F)F)c2C#N)OC(N)=C(C#N)C1c1ccc(C(C)C)cc1. The molecule has 0 bridgehead atoms. The van der Waals surface area contributed by atoms with Crippen LogP contribution in [-0.4, -0.2) is 23.3 Å². The molecule has 7 nitrogen and oxygen atoms in total. The largest absolute Gasteiger partial charge is 0.463 e. The van der Waals surface area contributed by atoms with Gasteiger partial charge in [-0.05, 0) is 42.2 Å². The number of allylic oxidation sites excluding steroid dienone is 1. The zero-order valence-electron chi connectivity index (χ0n) is 23.8. The number of alkyl halides is 3. The van der Waals surface area contributed by atoms with Gasteiger partial charge in [0.25, 0.3) is 0 Å². The second-order valence-corrected chi connectivity index (χ2v) is 11.3. The van der Waals surface area contributed by atoms with E-state index in [1.54, 1.807) is 25.1 Å². The van der Waals surface area contributed by atoms with Crippen LogP contribution < -0.4 is 5.73 Å². The van der Waals surface area contributed by atoms with Crippen molar-refractivity contribution in [3.63, 3.8) is 0 Å². The minimum Gasteiger partial charge on any atom is -0.463 e. The number of hydrogen-bond donors (Lipinski definition) is 1. The van der Waals surface area contributed by atoms with Crippen LogP contribution in [0.2, 0.25) is 5.02 Å². The molecule has 1 unspecified atom stereocenters. The lowest BCUT2D eigenvalue weighted by atomic mass is 9.82. The van der Waals surface area contributed by atoms with Crippen molar-refractivity contribution >= 4 is 29.3 Å². The molecule has 12 heteroatoms. The maximum absolute atomic E-state index is 14.1. The second-order valence-electron chi connectivity index (χ2n) is 9.94. The lowest BCUT2D eigenvalue weighted by Crippen LogP contribution is -2.27. The number of rotatable bonds is 8. The summed E-state index contributed by atoms with van der Waals surface area (Å²) in [6.45, 7) is 5.68. The molecule has 0 fully saturated rings. The standard InChI is InChI=1S/C32H26ClF3N4O3S/c1-4-42-31(41)28-26(43-29(39)23(15-38)27(28)20-7-5-18(6-8-20)17(2)3)16-44-30-22(14-37)24(32(34,35)36)13-25(40-30)19-9-11-21(33)12-10-19/h5-13,17,27H,4,16,39H2,1-3H3. The smallest absolute Gasteiger partial charge is 0.417 e.